The van der Waals surface area contributed by atoms with E-state index in [-0.39, 0.29) is 23.5 Å². The first-order chi connectivity index (χ1) is 19.0. The first-order valence-electron chi connectivity index (χ1n) is 12.9. The van der Waals surface area contributed by atoms with Crippen molar-refractivity contribution in [1.82, 2.24) is 20.1 Å². The van der Waals surface area contributed by atoms with Gasteiger partial charge in [0.2, 0.25) is 5.91 Å². The predicted molar refractivity (Wildman–Crippen MR) is 139 cm³/mol. The molecule has 1 N–H and O–H groups in total. The molecule has 0 aliphatic heterocycles. The number of hydrogen-bond acceptors (Lipinski definition) is 3. The number of amides is 1. The second-order valence-electron chi connectivity index (χ2n) is 10.2. The summed E-state index contributed by atoms with van der Waals surface area (Å²) in [5.74, 6) is -2.35. The van der Waals surface area contributed by atoms with Crippen molar-refractivity contribution in [3.05, 3.63) is 106 Å². The summed E-state index contributed by atoms with van der Waals surface area (Å²) < 4.78 is 69.6. The number of carbonyl (C=O) groups excluding carboxylic acids is 1. The highest BCUT2D eigenvalue weighted by Gasteiger charge is 2.41. The fourth-order valence-corrected chi connectivity index (χ4v) is 4.85. The summed E-state index contributed by atoms with van der Waals surface area (Å²) in [4.78, 5) is 17.7. The molecule has 4 aromatic rings. The van der Waals surface area contributed by atoms with E-state index in [0.717, 1.165) is 27.4 Å². The smallest absolute Gasteiger partial charge is 0.346 e. The third kappa shape index (κ3) is 6.21. The third-order valence-corrected chi connectivity index (χ3v) is 7.07. The van der Waals surface area contributed by atoms with Gasteiger partial charge in [-0.2, -0.15) is 18.3 Å². The minimum Gasteiger partial charge on any atom is -0.346 e. The van der Waals surface area contributed by atoms with Gasteiger partial charge in [0.25, 0.3) is 0 Å². The fourth-order valence-electron chi connectivity index (χ4n) is 4.85. The monoisotopic (exact) mass is 554 g/mol. The average molecular weight is 555 g/mol. The maximum absolute atomic E-state index is 14.0. The van der Waals surface area contributed by atoms with E-state index in [0.29, 0.717) is 24.1 Å². The molecule has 2 heterocycles. The molecule has 10 heteroatoms. The number of carbonyl (C=O) groups is 1. The van der Waals surface area contributed by atoms with Gasteiger partial charge in [-0.15, -0.1) is 0 Å². The number of nitrogens with zero attached hydrogens (tertiary/aromatic N) is 3. The van der Waals surface area contributed by atoms with E-state index in [1.165, 1.54) is 18.3 Å². The Labute approximate surface area is 228 Å². The summed E-state index contributed by atoms with van der Waals surface area (Å²) in [6.45, 7) is 3.49. The summed E-state index contributed by atoms with van der Waals surface area (Å²) in [5, 5.41) is 6.50. The number of alkyl halides is 3. The van der Waals surface area contributed by atoms with Crippen molar-refractivity contribution in [2.24, 2.45) is 0 Å². The molecule has 1 atom stereocenters. The van der Waals surface area contributed by atoms with Crippen LogP contribution in [0.15, 0.2) is 60.9 Å². The van der Waals surface area contributed by atoms with Gasteiger partial charge in [0.15, 0.2) is 5.69 Å². The number of aryl methyl sites for hydroxylation is 2. The van der Waals surface area contributed by atoms with E-state index in [1.54, 1.807) is 12.3 Å². The maximum atomic E-state index is 14.0. The topological polar surface area (TPSA) is 59.8 Å². The highest BCUT2D eigenvalue weighted by molar-refractivity contribution is 5.77. The molecule has 1 amide bonds. The van der Waals surface area contributed by atoms with Crippen LogP contribution < -0.4 is 5.32 Å². The molecule has 0 spiro atoms. The molecule has 0 saturated heterocycles. The number of nitrogens with one attached hydrogen (secondary N) is 1. The average Bonchev–Trinajstić information content (AvgIpc) is 3.63. The quantitative estimate of drug-likeness (QED) is 0.243. The summed E-state index contributed by atoms with van der Waals surface area (Å²) in [7, 11) is 0. The Kier molecular flexibility index (Phi) is 7.44. The molecule has 5 rings (SSSR count). The zero-order valence-corrected chi connectivity index (χ0v) is 21.9. The Hall–Kier alpha value is -4.08. The molecule has 1 saturated carbocycles. The molecule has 2 aromatic heterocycles. The van der Waals surface area contributed by atoms with Gasteiger partial charge in [0.1, 0.15) is 18.2 Å². The van der Waals surface area contributed by atoms with Crippen LogP contribution in [-0.4, -0.2) is 20.7 Å². The minimum atomic E-state index is -4.63. The molecular formula is C30H27F5N4O. The van der Waals surface area contributed by atoms with E-state index < -0.39 is 42.0 Å². The van der Waals surface area contributed by atoms with E-state index in [2.05, 4.69) is 15.4 Å². The number of rotatable bonds is 8. The highest BCUT2D eigenvalue weighted by Crippen LogP contribution is 2.45. The van der Waals surface area contributed by atoms with Crippen LogP contribution >= 0.6 is 0 Å². The Morgan fingerprint density at radius 1 is 1.05 bits per heavy atom. The van der Waals surface area contributed by atoms with Crippen molar-refractivity contribution in [3.8, 4) is 11.1 Å². The normalized spacial score (nSPS) is 14.3. The van der Waals surface area contributed by atoms with Gasteiger partial charge in [-0.25, -0.2) is 8.78 Å². The summed E-state index contributed by atoms with van der Waals surface area (Å²) in [5.41, 5.74) is 3.55. The standard InChI is InChI=1S/C30H27F5N4O/c1-17-5-6-21(10-18(17)2)24-4-3-9-36-28(24)26(13-19-11-22(31)14-23(32)12-19)37-27(40)16-39-15-25(20-7-8-20)29(38-39)30(33,34)35/h3-6,9-12,14-15,20,26H,7-8,13,16H2,1-2H3,(H,37,40). The second kappa shape index (κ2) is 10.8. The van der Waals surface area contributed by atoms with Gasteiger partial charge in [0.05, 0.1) is 11.7 Å². The molecule has 5 nitrogen and oxygen atoms in total. The summed E-state index contributed by atoms with van der Waals surface area (Å²) in [6.07, 6.45) is -0.509. The van der Waals surface area contributed by atoms with E-state index >= 15 is 0 Å². The van der Waals surface area contributed by atoms with Crippen LogP contribution in [0.2, 0.25) is 0 Å². The molecule has 2 aromatic carbocycles. The zero-order valence-electron chi connectivity index (χ0n) is 21.9. The van der Waals surface area contributed by atoms with Gasteiger partial charge in [-0.1, -0.05) is 24.3 Å². The Bertz CT molecular complexity index is 1540. The Balaban J connectivity index is 1.48. The summed E-state index contributed by atoms with van der Waals surface area (Å²) >= 11 is 0. The minimum absolute atomic E-state index is 0.00446. The molecule has 0 radical (unpaired) electrons. The molecule has 208 valence electrons. The molecule has 1 aliphatic rings. The van der Waals surface area contributed by atoms with Gasteiger partial charge in [-0.3, -0.25) is 14.5 Å². The first-order valence-corrected chi connectivity index (χ1v) is 12.9. The lowest BCUT2D eigenvalue weighted by Gasteiger charge is -2.22. The summed E-state index contributed by atoms with van der Waals surface area (Å²) in [6, 6.07) is 11.7. The van der Waals surface area contributed by atoms with Crippen LogP contribution in [0.1, 0.15) is 58.4 Å². The Morgan fingerprint density at radius 2 is 1.77 bits per heavy atom. The molecule has 0 bridgehead atoms. The molecule has 1 unspecified atom stereocenters. The number of hydrogen-bond donors (Lipinski definition) is 1. The van der Waals surface area contributed by atoms with Crippen LogP contribution in [0.3, 0.4) is 0 Å². The lowest BCUT2D eigenvalue weighted by atomic mass is 9.94. The fraction of sp³-hybridized carbons (Fsp3) is 0.300. The number of halogens is 5. The van der Waals surface area contributed by atoms with Gasteiger partial charge >= 0.3 is 6.18 Å². The van der Waals surface area contributed by atoms with Crippen molar-refractivity contribution in [2.75, 3.05) is 0 Å². The lowest BCUT2D eigenvalue weighted by molar-refractivity contribution is -0.142. The van der Waals surface area contributed by atoms with Crippen LogP contribution in [-0.2, 0) is 23.9 Å². The van der Waals surface area contributed by atoms with Crippen molar-refractivity contribution < 1.29 is 26.7 Å². The van der Waals surface area contributed by atoms with Gasteiger partial charge < -0.3 is 5.32 Å². The number of benzene rings is 2. The first kappa shape index (κ1) is 27.5. The molecular weight excluding hydrogens is 527 g/mol. The Morgan fingerprint density at radius 3 is 2.42 bits per heavy atom. The van der Waals surface area contributed by atoms with Crippen LogP contribution in [0.25, 0.3) is 11.1 Å². The molecule has 40 heavy (non-hydrogen) atoms. The second-order valence-corrected chi connectivity index (χ2v) is 10.2. The van der Waals surface area contributed by atoms with Crippen molar-refractivity contribution in [1.29, 1.82) is 0 Å². The van der Waals surface area contributed by atoms with Crippen LogP contribution in [0, 0.1) is 25.5 Å². The SMILES string of the molecule is Cc1ccc(-c2cccnc2C(Cc2cc(F)cc(F)c2)NC(=O)Cn2cc(C3CC3)c(C(F)(F)F)n2)cc1C. The largest absolute Gasteiger partial charge is 0.435 e. The van der Waals surface area contributed by atoms with Crippen LogP contribution in [0.4, 0.5) is 22.0 Å². The lowest BCUT2D eigenvalue weighted by Crippen LogP contribution is -2.34. The third-order valence-electron chi connectivity index (χ3n) is 7.07. The predicted octanol–water partition coefficient (Wildman–Crippen LogP) is 6.84. The van der Waals surface area contributed by atoms with E-state index in [9.17, 15) is 26.7 Å². The highest BCUT2D eigenvalue weighted by atomic mass is 19.4. The van der Waals surface area contributed by atoms with Gasteiger partial charge in [-0.05, 0) is 79.5 Å². The number of pyridine rings is 1. The molecule has 1 fully saturated rings. The van der Waals surface area contributed by atoms with Crippen molar-refractivity contribution in [3.63, 3.8) is 0 Å². The van der Waals surface area contributed by atoms with Crippen LogP contribution in [0.5, 0.6) is 0 Å². The van der Waals surface area contributed by atoms with E-state index in [1.807, 2.05) is 38.1 Å². The van der Waals surface area contributed by atoms with E-state index in [4.69, 9.17) is 0 Å². The maximum Gasteiger partial charge on any atom is 0.435 e. The van der Waals surface area contributed by atoms with Gasteiger partial charge in [0, 0.05) is 29.6 Å². The van der Waals surface area contributed by atoms with Crippen molar-refractivity contribution in [2.45, 2.75) is 57.8 Å². The van der Waals surface area contributed by atoms with Crippen molar-refractivity contribution >= 4 is 5.91 Å². The zero-order chi connectivity index (χ0) is 28.6. The molecule has 1 aliphatic carbocycles. The number of aromatic nitrogens is 3.